The molecule has 0 aliphatic rings. The van der Waals surface area contributed by atoms with Crippen LogP contribution in [0.1, 0.15) is 17.0 Å². The molecule has 6 nitrogen and oxygen atoms in total. The summed E-state index contributed by atoms with van der Waals surface area (Å²) in [6, 6.07) is 13.0. The molecule has 0 atom stereocenters. The fraction of sp³-hybridized carbons (Fsp3) is 0.250. The molecule has 0 saturated carbocycles. The van der Waals surface area contributed by atoms with Gasteiger partial charge in [-0.15, -0.1) is 10.2 Å². The average Bonchev–Trinajstić information content (AvgIpc) is 3.02. The lowest BCUT2D eigenvalue weighted by molar-refractivity contribution is -0.113. The number of nitrogens with zero attached hydrogens (tertiary/aromatic N) is 3. The number of benzene rings is 2. The predicted molar refractivity (Wildman–Crippen MR) is 112 cm³/mol. The molecule has 0 radical (unpaired) electrons. The van der Waals surface area contributed by atoms with Gasteiger partial charge in [-0.3, -0.25) is 4.79 Å². The first-order chi connectivity index (χ1) is 13.4. The predicted octanol–water partition coefficient (Wildman–Crippen LogP) is 4.40. The van der Waals surface area contributed by atoms with Gasteiger partial charge in [-0.2, -0.15) is 0 Å². The van der Waals surface area contributed by atoms with E-state index in [9.17, 15) is 4.79 Å². The van der Waals surface area contributed by atoms with Crippen molar-refractivity contribution in [2.75, 3.05) is 11.1 Å². The van der Waals surface area contributed by atoms with Crippen molar-refractivity contribution in [2.45, 2.75) is 25.6 Å². The molecule has 8 heteroatoms. The molecule has 0 fully saturated rings. The average molecular weight is 417 g/mol. The third-order valence-electron chi connectivity index (χ3n) is 4.23. The Morgan fingerprint density at radius 1 is 1.14 bits per heavy atom. The van der Waals surface area contributed by atoms with E-state index in [0.717, 1.165) is 11.3 Å². The summed E-state index contributed by atoms with van der Waals surface area (Å²) < 4.78 is 7.52. The molecule has 1 heterocycles. The molecule has 0 aliphatic carbocycles. The van der Waals surface area contributed by atoms with Crippen LogP contribution >= 0.6 is 23.4 Å². The Morgan fingerprint density at radius 2 is 1.89 bits per heavy atom. The van der Waals surface area contributed by atoms with Crippen LogP contribution in [0.5, 0.6) is 5.75 Å². The van der Waals surface area contributed by atoms with Gasteiger partial charge in [0.1, 0.15) is 12.4 Å². The van der Waals surface area contributed by atoms with Gasteiger partial charge in [0.2, 0.25) is 5.91 Å². The van der Waals surface area contributed by atoms with Crippen LogP contribution in [0, 0.1) is 13.8 Å². The Morgan fingerprint density at radius 3 is 2.61 bits per heavy atom. The fourth-order valence-electron chi connectivity index (χ4n) is 2.42. The second kappa shape index (κ2) is 9.12. The van der Waals surface area contributed by atoms with Gasteiger partial charge in [0, 0.05) is 17.8 Å². The van der Waals surface area contributed by atoms with Crippen LogP contribution in [-0.4, -0.2) is 26.4 Å². The highest BCUT2D eigenvalue weighted by Crippen LogP contribution is 2.20. The van der Waals surface area contributed by atoms with E-state index in [1.54, 1.807) is 24.3 Å². The minimum absolute atomic E-state index is 0.0878. The highest BCUT2D eigenvalue weighted by atomic mass is 35.5. The van der Waals surface area contributed by atoms with Crippen molar-refractivity contribution in [2.24, 2.45) is 7.05 Å². The summed E-state index contributed by atoms with van der Waals surface area (Å²) >= 11 is 7.20. The smallest absolute Gasteiger partial charge is 0.234 e. The van der Waals surface area contributed by atoms with Gasteiger partial charge in [0.25, 0.3) is 0 Å². The highest BCUT2D eigenvalue weighted by molar-refractivity contribution is 7.99. The molecule has 1 N–H and O–H groups in total. The van der Waals surface area contributed by atoms with E-state index in [0.29, 0.717) is 21.8 Å². The lowest BCUT2D eigenvalue weighted by Crippen LogP contribution is -2.14. The summed E-state index contributed by atoms with van der Waals surface area (Å²) in [7, 11) is 1.85. The number of hydrogen-bond acceptors (Lipinski definition) is 5. The number of hydrogen-bond donors (Lipinski definition) is 1. The number of amides is 1. The number of aryl methyl sites for hydroxylation is 2. The van der Waals surface area contributed by atoms with Crippen molar-refractivity contribution in [3.05, 3.63) is 64.4 Å². The molecule has 3 rings (SSSR count). The number of carbonyl (C=O) groups is 1. The largest absolute Gasteiger partial charge is 0.486 e. The first-order valence-electron chi connectivity index (χ1n) is 8.69. The van der Waals surface area contributed by atoms with Crippen LogP contribution in [0.4, 0.5) is 5.69 Å². The Hall–Kier alpha value is -2.51. The monoisotopic (exact) mass is 416 g/mol. The normalized spacial score (nSPS) is 10.7. The Balaban J connectivity index is 1.52. The minimum atomic E-state index is -0.0878. The van der Waals surface area contributed by atoms with Crippen molar-refractivity contribution in [3.8, 4) is 5.75 Å². The molecular weight excluding hydrogens is 396 g/mol. The lowest BCUT2D eigenvalue weighted by atomic mass is 10.1. The summed E-state index contributed by atoms with van der Waals surface area (Å²) in [5, 5.41) is 12.5. The second-order valence-corrected chi connectivity index (χ2v) is 7.72. The first-order valence-corrected chi connectivity index (χ1v) is 10.1. The number of anilines is 1. The molecule has 0 spiro atoms. The van der Waals surface area contributed by atoms with E-state index in [2.05, 4.69) is 15.5 Å². The van der Waals surface area contributed by atoms with Crippen LogP contribution in [0.25, 0.3) is 0 Å². The van der Waals surface area contributed by atoms with E-state index < -0.39 is 0 Å². The molecule has 28 heavy (non-hydrogen) atoms. The van der Waals surface area contributed by atoms with Crippen LogP contribution in [0.3, 0.4) is 0 Å². The molecule has 146 valence electrons. The van der Waals surface area contributed by atoms with Crippen molar-refractivity contribution >= 4 is 35.0 Å². The Bertz CT molecular complexity index is 973. The number of nitrogens with one attached hydrogen (secondary N) is 1. The van der Waals surface area contributed by atoms with Crippen molar-refractivity contribution in [3.63, 3.8) is 0 Å². The quantitative estimate of drug-likeness (QED) is 0.578. The van der Waals surface area contributed by atoms with E-state index in [-0.39, 0.29) is 18.3 Å². The van der Waals surface area contributed by atoms with Crippen molar-refractivity contribution < 1.29 is 9.53 Å². The van der Waals surface area contributed by atoms with Crippen molar-refractivity contribution in [1.29, 1.82) is 0 Å². The van der Waals surface area contributed by atoms with Gasteiger partial charge in [-0.05, 0) is 61.4 Å². The topological polar surface area (TPSA) is 69.0 Å². The molecule has 1 aromatic heterocycles. The number of aromatic nitrogens is 3. The van der Waals surface area contributed by atoms with Gasteiger partial charge < -0.3 is 14.6 Å². The van der Waals surface area contributed by atoms with Crippen LogP contribution < -0.4 is 10.1 Å². The minimum Gasteiger partial charge on any atom is -0.486 e. The SMILES string of the molecule is Cc1ccc(NC(=O)CSc2nnc(COc3ccc(Cl)cc3)n2C)cc1C. The fourth-order valence-corrected chi connectivity index (χ4v) is 3.28. The zero-order valence-electron chi connectivity index (χ0n) is 15.9. The third kappa shape index (κ3) is 5.27. The zero-order chi connectivity index (χ0) is 20.1. The molecule has 3 aromatic rings. The molecule has 1 amide bonds. The molecule has 0 saturated heterocycles. The van der Waals surface area contributed by atoms with Crippen molar-refractivity contribution in [1.82, 2.24) is 14.8 Å². The summed E-state index contributed by atoms with van der Waals surface area (Å²) in [5.41, 5.74) is 3.13. The molecule has 2 aromatic carbocycles. The Kier molecular flexibility index (Phi) is 6.59. The molecule has 0 unspecified atom stereocenters. The maximum atomic E-state index is 12.2. The van der Waals surface area contributed by atoms with Crippen LogP contribution in [0.15, 0.2) is 47.6 Å². The molecule has 0 bridgehead atoms. The van der Waals surface area contributed by atoms with Gasteiger partial charge in [-0.25, -0.2) is 0 Å². The third-order valence-corrected chi connectivity index (χ3v) is 5.50. The van der Waals surface area contributed by atoms with Crippen LogP contribution in [-0.2, 0) is 18.4 Å². The zero-order valence-corrected chi connectivity index (χ0v) is 17.5. The lowest BCUT2D eigenvalue weighted by Gasteiger charge is -2.08. The summed E-state index contributed by atoms with van der Waals surface area (Å²) in [5.74, 6) is 1.54. The summed E-state index contributed by atoms with van der Waals surface area (Å²) in [6.07, 6.45) is 0. The number of ether oxygens (including phenoxy) is 1. The number of thioether (sulfide) groups is 1. The number of rotatable bonds is 7. The molecular formula is C20H21ClN4O2S. The highest BCUT2D eigenvalue weighted by Gasteiger charge is 2.12. The first kappa shape index (κ1) is 20.2. The van der Waals surface area contributed by atoms with Crippen LogP contribution in [0.2, 0.25) is 5.02 Å². The summed E-state index contributed by atoms with van der Waals surface area (Å²) in [6.45, 7) is 4.34. The second-order valence-electron chi connectivity index (χ2n) is 6.34. The van der Waals surface area contributed by atoms with Gasteiger partial charge in [0.15, 0.2) is 11.0 Å². The van der Waals surface area contributed by atoms with E-state index in [1.807, 2.05) is 43.7 Å². The summed E-state index contributed by atoms with van der Waals surface area (Å²) in [4.78, 5) is 12.2. The maximum Gasteiger partial charge on any atom is 0.234 e. The van der Waals surface area contributed by atoms with E-state index >= 15 is 0 Å². The Labute approximate surface area is 173 Å². The van der Waals surface area contributed by atoms with Gasteiger partial charge in [0.05, 0.1) is 5.75 Å². The molecule has 0 aliphatic heterocycles. The van der Waals surface area contributed by atoms with E-state index in [4.69, 9.17) is 16.3 Å². The maximum absolute atomic E-state index is 12.2. The number of halogens is 1. The standard InChI is InChI=1S/C20H21ClN4O2S/c1-13-4-7-16(10-14(13)2)22-19(26)12-28-20-24-23-18(25(20)3)11-27-17-8-5-15(21)6-9-17/h4-10H,11-12H2,1-3H3,(H,22,26). The van der Waals surface area contributed by atoms with Gasteiger partial charge in [-0.1, -0.05) is 29.4 Å². The van der Waals surface area contributed by atoms with E-state index in [1.165, 1.54) is 17.3 Å². The van der Waals surface area contributed by atoms with Gasteiger partial charge >= 0.3 is 0 Å². The number of carbonyl (C=O) groups excluding carboxylic acids is 1.